The first-order chi connectivity index (χ1) is 9.49. The Labute approximate surface area is 123 Å². The quantitative estimate of drug-likeness (QED) is 0.742. The lowest BCUT2D eigenvalue weighted by atomic mass is 9.76. The van der Waals surface area contributed by atoms with E-state index in [4.69, 9.17) is 11.6 Å². The normalized spacial score (nSPS) is 29.8. The first kappa shape index (κ1) is 13.6. The van der Waals surface area contributed by atoms with Gasteiger partial charge in [0.1, 0.15) is 0 Å². The Morgan fingerprint density at radius 1 is 1.15 bits per heavy atom. The van der Waals surface area contributed by atoms with Crippen LogP contribution in [0, 0.1) is 24.7 Å². The monoisotopic (exact) mass is 291 g/mol. The lowest BCUT2D eigenvalue weighted by Crippen LogP contribution is -2.30. The second-order valence-corrected chi connectivity index (χ2v) is 6.48. The van der Waals surface area contributed by atoms with Crippen LogP contribution in [0.15, 0.2) is 18.2 Å². The van der Waals surface area contributed by atoms with Gasteiger partial charge in [-0.25, -0.2) is 0 Å². The van der Waals surface area contributed by atoms with E-state index in [1.807, 2.05) is 13.0 Å². The van der Waals surface area contributed by atoms with Crippen LogP contribution < -0.4 is 4.90 Å². The van der Waals surface area contributed by atoms with Crippen molar-refractivity contribution >= 4 is 29.1 Å². The number of fused-ring (bicyclic) bond motifs is 1. The largest absolute Gasteiger partial charge is 0.274 e. The second kappa shape index (κ2) is 4.88. The van der Waals surface area contributed by atoms with Crippen molar-refractivity contribution in [2.75, 3.05) is 4.90 Å². The van der Waals surface area contributed by atoms with Crippen LogP contribution in [0.2, 0.25) is 5.02 Å². The molecule has 0 unspecified atom stereocenters. The van der Waals surface area contributed by atoms with E-state index >= 15 is 0 Å². The van der Waals surface area contributed by atoms with E-state index in [0.717, 1.165) is 24.8 Å². The molecule has 0 spiro atoms. The Balaban J connectivity index is 1.96. The van der Waals surface area contributed by atoms with Gasteiger partial charge in [0.15, 0.2) is 0 Å². The average molecular weight is 292 g/mol. The molecule has 1 saturated heterocycles. The van der Waals surface area contributed by atoms with Crippen LogP contribution in [-0.4, -0.2) is 11.8 Å². The third-order valence-corrected chi connectivity index (χ3v) is 5.01. The molecule has 2 aliphatic rings. The summed E-state index contributed by atoms with van der Waals surface area (Å²) >= 11 is 6.11. The zero-order chi connectivity index (χ0) is 14.4. The van der Waals surface area contributed by atoms with E-state index < -0.39 is 0 Å². The van der Waals surface area contributed by atoms with Gasteiger partial charge in [-0.05, 0) is 49.8 Å². The van der Waals surface area contributed by atoms with E-state index in [2.05, 4.69) is 6.92 Å². The number of nitrogens with zero attached hydrogens (tertiary/aromatic N) is 1. The predicted octanol–water partition coefficient (Wildman–Crippen LogP) is 3.57. The van der Waals surface area contributed by atoms with E-state index in [1.165, 1.54) is 4.90 Å². The van der Waals surface area contributed by atoms with Gasteiger partial charge < -0.3 is 0 Å². The Bertz CT molecular complexity index is 584. The van der Waals surface area contributed by atoms with Crippen LogP contribution in [0.5, 0.6) is 0 Å². The predicted molar refractivity (Wildman–Crippen MR) is 78.7 cm³/mol. The molecule has 1 saturated carbocycles. The van der Waals surface area contributed by atoms with Crippen molar-refractivity contribution < 1.29 is 9.59 Å². The highest BCUT2D eigenvalue weighted by atomic mass is 35.5. The summed E-state index contributed by atoms with van der Waals surface area (Å²) in [5.74, 6) is 0.165. The maximum atomic E-state index is 12.6. The number of hydrogen-bond acceptors (Lipinski definition) is 2. The average Bonchev–Trinajstić information content (AvgIpc) is 2.65. The highest BCUT2D eigenvalue weighted by molar-refractivity contribution is 6.32. The highest BCUT2D eigenvalue weighted by Crippen LogP contribution is 2.42. The molecule has 3 nitrogen and oxygen atoms in total. The number of anilines is 1. The molecule has 1 aliphatic heterocycles. The van der Waals surface area contributed by atoms with Gasteiger partial charge in [-0.15, -0.1) is 0 Å². The third kappa shape index (κ3) is 2.05. The number of carbonyl (C=O) groups excluding carboxylic acids is 2. The minimum Gasteiger partial charge on any atom is -0.274 e. The first-order valence-electron chi connectivity index (χ1n) is 7.13. The third-order valence-electron chi connectivity index (χ3n) is 4.60. The summed E-state index contributed by atoms with van der Waals surface area (Å²) in [6.45, 7) is 4.06. The molecule has 4 heteroatoms. The van der Waals surface area contributed by atoms with Gasteiger partial charge in [0, 0.05) is 5.02 Å². The van der Waals surface area contributed by atoms with Gasteiger partial charge >= 0.3 is 0 Å². The van der Waals surface area contributed by atoms with Crippen LogP contribution in [0.3, 0.4) is 0 Å². The molecule has 3 rings (SSSR count). The highest BCUT2D eigenvalue weighted by Gasteiger charge is 2.49. The lowest BCUT2D eigenvalue weighted by Gasteiger charge is -2.25. The zero-order valence-corrected chi connectivity index (χ0v) is 12.5. The number of carbonyl (C=O) groups is 2. The first-order valence-corrected chi connectivity index (χ1v) is 7.51. The van der Waals surface area contributed by atoms with Crippen molar-refractivity contribution in [3.63, 3.8) is 0 Å². The smallest absolute Gasteiger partial charge is 0.237 e. The number of imide groups is 1. The lowest BCUT2D eigenvalue weighted by molar-refractivity contribution is -0.122. The fourth-order valence-electron chi connectivity index (χ4n) is 3.36. The molecule has 106 valence electrons. The molecule has 1 aromatic rings. The summed E-state index contributed by atoms with van der Waals surface area (Å²) in [6, 6.07) is 5.37. The van der Waals surface area contributed by atoms with Gasteiger partial charge in [0.05, 0.1) is 17.5 Å². The van der Waals surface area contributed by atoms with Crippen molar-refractivity contribution in [3.05, 3.63) is 28.8 Å². The molecule has 0 N–H and O–H groups in total. The fraction of sp³-hybridized carbons (Fsp3) is 0.500. The minimum absolute atomic E-state index is 0.0492. The van der Waals surface area contributed by atoms with Crippen molar-refractivity contribution in [2.24, 2.45) is 17.8 Å². The van der Waals surface area contributed by atoms with Crippen molar-refractivity contribution in [3.8, 4) is 0 Å². The van der Waals surface area contributed by atoms with Gasteiger partial charge in [-0.1, -0.05) is 24.6 Å². The molecule has 3 atom stereocenters. The molecule has 20 heavy (non-hydrogen) atoms. The second-order valence-electron chi connectivity index (χ2n) is 6.08. The van der Waals surface area contributed by atoms with Gasteiger partial charge in [-0.3, -0.25) is 14.5 Å². The summed E-state index contributed by atoms with van der Waals surface area (Å²) in [5, 5.41) is 0.589. The molecule has 1 aromatic carbocycles. The fourth-order valence-corrected chi connectivity index (χ4v) is 3.54. The van der Waals surface area contributed by atoms with Crippen molar-refractivity contribution in [2.45, 2.75) is 33.1 Å². The van der Waals surface area contributed by atoms with Gasteiger partial charge in [0.2, 0.25) is 11.8 Å². The maximum Gasteiger partial charge on any atom is 0.237 e. The van der Waals surface area contributed by atoms with E-state index in [0.29, 0.717) is 16.6 Å². The standard InChI is InChI=1S/C16H18ClNO2/c1-9-3-6-12-13(7-9)16(20)18(15(12)19)11-5-4-10(2)14(17)8-11/h4-5,8-9,12-13H,3,6-7H2,1-2H3/t9-,12-,13-/m1/s1. The SMILES string of the molecule is Cc1ccc(N2C(=O)[C@@H]3CC[C@@H](C)C[C@H]3C2=O)cc1Cl. The van der Waals surface area contributed by atoms with Crippen LogP contribution in [-0.2, 0) is 9.59 Å². The van der Waals surface area contributed by atoms with E-state index in [-0.39, 0.29) is 23.7 Å². The van der Waals surface area contributed by atoms with Crippen LogP contribution in [0.4, 0.5) is 5.69 Å². The number of benzene rings is 1. The Kier molecular flexibility index (Phi) is 3.33. The molecule has 0 bridgehead atoms. The maximum absolute atomic E-state index is 12.6. The minimum atomic E-state index is -0.133. The van der Waals surface area contributed by atoms with Crippen molar-refractivity contribution in [1.29, 1.82) is 0 Å². The van der Waals surface area contributed by atoms with E-state index in [1.54, 1.807) is 12.1 Å². The van der Waals surface area contributed by atoms with Crippen molar-refractivity contribution in [1.82, 2.24) is 0 Å². The van der Waals surface area contributed by atoms with Crippen LogP contribution in [0.1, 0.15) is 31.7 Å². The van der Waals surface area contributed by atoms with Gasteiger partial charge in [0.25, 0.3) is 0 Å². The van der Waals surface area contributed by atoms with Gasteiger partial charge in [-0.2, -0.15) is 0 Å². The summed E-state index contributed by atoms with van der Waals surface area (Å²) in [5.41, 5.74) is 1.55. The number of aryl methyl sites for hydroxylation is 1. The van der Waals surface area contributed by atoms with E-state index in [9.17, 15) is 9.59 Å². The molecular weight excluding hydrogens is 274 g/mol. The number of hydrogen-bond donors (Lipinski definition) is 0. The van der Waals surface area contributed by atoms with Crippen LogP contribution in [0.25, 0.3) is 0 Å². The molecule has 2 fully saturated rings. The Hall–Kier alpha value is -1.35. The topological polar surface area (TPSA) is 37.4 Å². The number of amides is 2. The summed E-state index contributed by atoms with van der Waals surface area (Å²) in [4.78, 5) is 26.4. The molecular formula is C16H18ClNO2. The zero-order valence-electron chi connectivity index (χ0n) is 11.7. The Morgan fingerprint density at radius 3 is 2.55 bits per heavy atom. The molecule has 0 aromatic heterocycles. The molecule has 1 aliphatic carbocycles. The molecule has 0 radical (unpaired) electrons. The molecule has 2 amide bonds. The summed E-state index contributed by atoms with van der Waals surface area (Å²) < 4.78 is 0. The van der Waals surface area contributed by atoms with Crippen LogP contribution >= 0.6 is 11.6 Å². The summed E-state index contributed by atoms with van der Waals surface area (Å²) in [6.07, 6.45) is 2.68. The number of halogens is 1. The molecule has 1 heterocycles. The Morgan fingerprint density at radius 2 is 1.85 bits per heavy atom. The number of rotatable bonds is 1. The summed E-state index contributed by atoms with van der Waals surface area (Å²) in [7, 11) is 0.